The molecule has 0 saturated heterocycles. The number of hydrogen-bond acceptors (Lipinski definition) is 6. The van der Waals surface area contributed by atoms with E-state index in [1.807, 2.05) is 0 Å². The minimum atomic E-state index is -1.80. The number of anilines is 1. The molecule has 244 valence electrons. The molecule has 1 unspecified atom stereocenters. The van der Waals surface area contributed by atoms with Crippen LogP contribution < -0.4 is 15.6 Å². The van der Waals surface area contributed by atoms with E-state index >= 15 is 0 Å². The van der Waals surface area contributed by atoms with E-state index in [1.54, 1.807) is 39.4 Å². The third-order valence-corrected chi connectivity index (χ3v) is 7.76. The Hall–Kier alpha value is -4.56. The third kappa shape index (κ3) is 8.57. The summed E-state index contributed by atoms with van der Waals surface area (Å²) in [6.07, 6.45) is 5.25. The summed E-state index contributed by atoms with van der Waals surface area (Å²) >= 11 is 0. The highest BCUT2D eigenvalue weighted by atomic mass is 32.2. The predicted octanol–water partition coefficient (Wildman–Crippen LogP) is 5.81. The number of rotatable bonds is 10. The van der Waals surface area contributed by atoms with Crippen molar-refractivity contribution in [2.24, 2.45) is 17.0 Å². The van der Waals surface area contributed by atoms with Gasteiger partial charge in [0.25, 0.3) is 5.56 Å². The fourth-order valence-corrected chi connectivity index (χ4v) is 5.10. The number of pyridine rings is 1. The van der Waals surface area contributed by atoms with Crippen LogP contribution >= 0.6 is 0 Å². The molecule has 0 spiro atoms. The molecule has 0 radical (unpaired) electrons. The molecular formula is C32H35F4N7O2S. The van der Waals surface area contributed by atoms with E-state index in [9.17, 15) is 26.6 Å². The number of aliphatic imine (C=N–C) groups is 2. The lowest BCUT2D eigenvalue weighted by atomic mass is 9.97. The van der Waals surface area contributed by atoms with Gasteiger partial charge in [-0.2, -0.15) is 0 Å². The van der Waals surface area contributed by atoms with E-state index < -0.39 is 40.9 Å². The SMILES string of the molecule is C=C(C=NC(=NC)c1cnc(C)nc1)c1cc2c([C@@H](CF)Nc3ccc(F)cc3S(=O)NC)cc(F)cc2c(=O)n1C.CCCF. The molecule has 4 rings (SSSR count). The van der Waals surface area contributed by atoms with Crippen LogP contribution in [0.25, 0.3) is 16.3 Å². The second-order valence-electron chi connectivity index (χ2n) is 9.85. The molecule has 9 nitrogen and oxygen atoms in total. The van der Waals surface area contributed by atoms with Crippen LogP contribution in [0.2, 0.25) is 0 Å². The number of benzene rings is 2. The highest BCUT2D eigenvalue weighted by Gasteiger charge is 2.22. The van der Waals surface area contributed by atoms with Gasteiger partial charge in [-0.1, -0.05) is 13.5 Å². The van der Waals surface area contributed by atoms with Crippen molar-refractivity contribution in [3.05, 3.63) is 100 Å². The molecule has 2 N–H and O–H groups in total. The van der Waals surface area contributed by atoms with Crippen LogP contribution in [0, 0.1) is 18.6 Å². The van der Waals surface area contributed by atoms with Crippen LogP contribution in [0.3, 0.4) is 0 Å². The Labute approximate surface area is 266 Å². The summed E-state index contributed by atoms with van der Waals surface area (Å²) in [5, 5.41) is 3.19. The fourth-order valence-electron chi connectivity index (χ4n) is 4.34. The van der Waals surface area contributed by atoms with Gasteiger partial charge >= 0.3 is 0 Å². The maximum atomic E-state index is 14.8. The number of nitrogens with zero attached hydrogens (tertiary/aromatic N) is 5. The molecule has 2 aromatic heterocycles. The highest BCUT2D eigenvalue weighted by Crippen LogP contribution is 2.31. The lowest BCUT2D eigenvalue weighted by molar-refractivity contribution is 0.452. The van der Waals surface area contributed by atoms with Crippen molar-refractivity contribution in [1.82, 2.24) is 19.3 Å². The Balaban J connectivity index is 0.00000136. The number of fused-ring (bicyclic) bond motifs is 1. The summed E-state index contributed by atoms with van der Waals surface area (Å²) < 4.78 is 70.3. The van der Waals surface area contributed by atoms with Crippen LogP contribution in [0.15, 0.2) is 75.0 Å². The quantitative estimate of drug-likeness (QED) is 0.127. The highest BCUT2D eigenvalue weighted by molar-refractivity contribution is 7.83. The average molecular weight is 658 g/mol. The van der Waals surface area contributed by atoms with Crippen LogP contribution in [-0.4, -0.2) is 58.2 Å². The molecule has 0 aliphatic carbocycles. The van der Waals surface area contributed by atoms with Crippen molar-refractivity contribution in [3.63, 3.8) is 0 Å². The van der Waals surface area contributed by atoms with Crippen LogP contribution in [0.5, 0.6) is 0 Å². The number of allylic oxidation sites excluding steroid dienone is 1. The van der Waals surface area contributed by atoms with Crippen molar-refractivity contribution < 1.29 is 21.8 Å². The molecule has 2 heterocycles. The normalized spacial score (nSPS) is 12.9. The molecule has 0 bridgehead atoms. The van der Waals surface area contributed by atoms with Gasteiger partial charge in [-0.3, -0.25) is 14.2 Å². The molecule has 0 saturated carbocycles. The molecular weight excluding hydrogens is 622 g/mol. The van der Waals surface area contributed by atoms with Crippen molar-refractivity contribution >= 4 is 45.1 Å². The molecule has 4 aromatic rings. The summed E-state index contributed by atoms with van der Waals surface area (Å²) in [5.41, 5.74) is 1.02. The van der Waals surface area contributed by atoms with Crippen molar-refractivity contribution in [2.75, 3.05) is 32.8 Å². The zero-order valence-electron chi connectivity index (χ0n) is 26.1. The van der Waals surface area contributed by atoms with E-state index in [0.29, 0.717) is 34.9 Å². The number of aryl methyl sites for hydroxylation is 1. The molecule has 46 heavy (non-hydrogen) atoms. The molecule has 2 atom stereocenters. The van der Waals surface area contributed by atoms with E-state index in [1.165, 1.54) is 30.9 Å². The number of aromatic nitrogens is 3. The fraction of sp³-hybridized carbons (Fsp3) is 0.281. The second-order valence-corrected chi connectivity index (χ2v) is 11.2. The zero-order chi connectivity index (χ0) is 34.0. The van der Waals surface area contributed by atoms with Gasteiger partial charge in [-0.05, 0) is 67.7 Å². The van der Waals surface area contributed by atoms with Crippen LogP contribution in [-0.2, 0) is 18.0 Å². The van der Waals surface area contributed by atoms with Crippen molar-refractivity contribution in [1.29, 1.82) is 0 Å². The minimum Gasteiger partial charge on any atom is -0.375 e. The number of hydrogen-bond donors (Lipinski definition) is 2. The molecule has 0 amide bonds. The Morgan fingerprint density at radius 2 is 1.78 bits per heavy atom. The largest absolute Gasteiger partial charge is 0.375 e. The van der Waals surface area contributed by atoms with Gasteiger partial charge in [0.1, 0.15) is 35.1 Å². The second kappa shape index (κ2) is 16.7. The Morgan fingerprint density at radius 1 is 1.11 bits per heavy atom. The molecule has 0 aliphatic rings. The molecule has 2 aromatic carbocycles. The predicted molar refractivity (Wildman–Crippen MR) is 176 cm³/mol. The maximum Gasteiger partial charge on any atom is 0.258 e. The van der Waals surface area contributed by atoms with Crippen molar-refractivity contribution in [3.8, 4) is 0 Å². The monoisotopic (exact) mass is 657 g/mol. The first-order valence-electron chi connectivity index (χ1n) is 14.1. The first kappa shape index (κ1) is 35.9. The summed E-state index contributed by atoms with van der Waals surface area (Å²) in [4.78, 5) is 30.3. The van der Waals surface area contributed by atoms with E-state index in [-0.39, 0.29) is 33.6 Å². The first-order chi connectivity index (χ1) is 22.0. The zero-order valence-corrected chi connectivity index (χ0v) is 26.9. The maximum absolute atomic E-state index is 14.8. The van der Waals surface area contributed by atoms with E-state index in [0.717, 1.165) is 24.3 Å². The summed E-state index contributed by atoms with van der Waals surface area (Å²) in [6, 6.07) is 6.13. The smallest absolute Gasteiger partial charge is 0.258 e. The lowest BCUT2D eigenvalue weighted by Crippen LogP contribution is -2.22. The molecule has 0 aliphatic heterocycles. The Kier molecular flexibility index (Phi) is 13.0. The molecule has 14 heteroatoms. The third-order valence-electron chi connectivity index (χ3n) is 6.65. The van der Waals surface area contributed by atoms with Gasteiger partial charge in [0, 0.05) is 38.3 Å². The Morgan fingerprint density at radius 3 is 2.37 bits per heavy atom. The average Bonchev–Trinajstić information content (AvgIpc) is 3.06. The van der Waals surface area contributed by atoms with Gasteiger partial charge in [0.15, 0.2) is 5.84 Å². The van der Waals surface area contributed by atoms with Crippen LogP contribution in [0.4, 0.5) is 23.2 Å². The lowest BCUT2D eigenvalue weighted by Gasteiger charge is -2.22. The van der Waals surface area contributed by atoms with Crippen molar-refractivity contribution in [2.45, 2.75) is 31.2 Å². The van der Waals surface area contributed by atoms with Gasteiger partial charge in [-0.15, -0.1) is 0 Å². The minimum absolute atomic E-state index is 0.0204. The number of amidine groups is 1. The Bertz CT molecular complexity index is 1840. The van der Waals surface area contributed by atoms with Gasteiger partial charge in [0.05, 0.1) is 39.9 Å². The topological polar surface area (TPSA) is 114 Å². The summed E-state index contributed by atoms with van der Waals surface area (Å²) in [6.45, 7) is 6.39. The number of nitrogens with one attached hydrogen (secondary N) is 2. The van der Waals surface area contributed by atoms with Crippen LogP contribution in [0.1, 0.15) is 42.0 Å². The first-order valence-corrected chi connectivity index (χ1v) is 15.2. The molecule has 0 fully saturated rings. The van der Waals surface area contributed by atoms with E-state index in [4.69, 9.17) is 0 Å². The standard InChI is InChI=1S/C29H28F3N7O2S.C3H7F/c1-16(13-37-28(33-3)18-14-35-17(2)36-15-18)26-11-21-22(8-20(32)9-23(21)29(40)39(26)5)25(12-30)38-24-7-6-19(31)10-27(24)42(41)34-4;1-2-3-4/h6-11,13-15,25,34,38H,1,12H2,2-5H3;2-3H2,1H3/t25-,42?;/m1./s1. The summed E-state index contributed by atoms with van der Waals surface area (Å²) in [7, 11) is 2.69. The number of alkyl halides is 2. The number of halogens is 4. The summed E-state index contributed by atoms with van der Waals surface area (Å²) in [5.74, 6) is -0.453. The van der Waals surface area contributed by atoms with Gasteiger partial charge in [0.2, 0.25) is 0 Å². The van der Waals surface area contributed by atoms with E-state index in [2.05, 4.69) is 36.6 Å². The van der Waals surface area contributed by atoms with Gasteiger partial charge < -0.3 is 9.88 Å². The van der Waals surface area contributed by atoms with Gasteiger partial charge in [-0.25, -0.2) is 37.1 Å².